The van der Waals surface area contributed by atoms with E-state index >= 15 is 0 Å². The number of thiophene rings is 1. The van der Waals surface area contributed by atoms with E-state index in [9.17, 15) is 4.79 Å². The second-order valence-electron chi connectivity index (χ2n) is 6.66. The molecule has 1 unspecified atom stereocenters. The van der Waals surface area contributed by atoms with Crippen LogP contribution < -0.4 is 9.47 Å². The molecule has 1 amide bonds. The molecule has 2 aromatic heterocycles. The molecule has 0 spiro atoms. The van der Waals surface area contributed by atoms with E-state index in [1.54, 1.807) is 11.3 Å². The number of halogens is 1. The molecular formula is C20H16ClN3O3S. The Morgan fingerprint density at radius 3 is 2.75 bits per heavy atom. The zero-order valence-corrected chi connectivity index (χ0v) is 16.6. The maximum atomic E-state index is 12.2. The zero-order chi connectivity index (χ0) is 19.3. The van der Waals surface area contributed by atoms with E-state index in [2.05, 4.69) is 10.1 Å². The largest absolute Gasteiger partial charge is 0.486 e. The Labute approximate surface area is 170 Å². The van der Waals surface area contributed by atoms with Crippen LogP contribution >= 0.6 is 22.9 Å². The number of rotatable bonds is 2. The van der Waals surface area contributed by atoms with Crippen molar-refractivity contribution in [1.82, 2.24) is 9.99 Å². The van der Waals surface area contributed by atoms with E-state index in [1.807, 2.05) is 35.7 Å². The molecule has 1 aromatic carbocycles. The van der Waals surface area contributed by atoms with Crippen LogP contribution in [-0.4, -0.2) is 34.8 Å². The summed E-state index contributed by atoms with van der Waals surface area (Å²) in [7, 11) is 0. The van der Waals surface area contributed by atoms with Gasteiger partial charge in [-0.3, -0.25) is 4.79 Å². The van der Waals surface area contributed by atoms with E-state index in [4.69, 9.17) is 21.1 Å². The van der Waals surface area contributed by atoms with Gasteiger partial charge in [0, 0.05) is 30.4 Å². The van der Waals surface area contributed by atoms with Crippen molar-refractivity contribution < 1.29 is 14.3 Å². The molecule has 8 heteroatoms. The number of hydrazone groups is 1. The number of carbonyl (C=O) groups is 1. The van der Waals surface area contributed by atoms with Gasteiger partial charge in [-0.15, -0.1) is 11.3 Å². The Kier molecular flexibility index (Phi) is 4.21. The summed E-state index contributed by atoms with van der Waals surface area (Å²) in [6.45, 7) is 2.55. The Bertz CT molecular complexity index is 1110. The lowest BCUT2D eigenvalue weighted by molar-refractivity contribution is -0.130. The summed E-state index contributed by atoms with van der Waals surface area (Å²) in [4.78, 5) is 17.8. The third-order valence-corrected chi connectivity index (χ3v) is 6.08. The van der Waals surface area contributed by atoms with Crippen LogP contribution in [0.5, 0.6) is 11.5 Å². The van der Waals surface area contributed by atoms with Crippen molar-refractivity contribution in [3.05, 3.63) is 51.3 Å². The van der Waals surface area contributed by atoms with Gasteiger partial charge in [-0.05, 0) is 23.6 Å². The summed E-state index contributed by atoms with van der Waals surface area (Å²) in [6, 6.07) is 9.41. The van der Waals surface area contributed by atoms with E-state index in [1.165, 1.54) is 11.9 Å². The number of nitrogens with zero attached hydrogens (tertiary/aromatic N) is 3. The van der Waals surface area contributed by atoms with Crippen LogP contribution in [0.3, 0.4) is 0 Å². The highest BCUT2D eigenvalue weighted by atomic mass is 35.5. The van der Waals surface area contributed by atoms with Gasteiger partial charge in [0.05, 0.1) is 22.1 Å². The SMILES string of the molecule is CC(=O)N1N=C(c2cccs2)CC1c1cc2cc3c(cc2nc1Cl)OCCO3. The van der Waals surface area contributed by atoms with Crippen molar-refractivity contribution in [1.29, 1.82) is 0 Å². The number of hydrogen-bond acceptors (Lipinski definition) is 6. The maximum absolute atomic E-state index is 12.2. The first-order valence-corrected chi connectivity index (χ1v) is 10.2. The number of aromatic nitrogens is 1. The topological polar surface area (TPSA) is 64.0 Å². The van der Waals surface area contributed by atoms with Crippen LogP contribution in [0.1, 0.15) is 29.8 Å². The second kappa shape index (κ2) is 6.76. The highest BCUT2D eigenvalue weighted by Crippen LogP contribution is 2.40. The summed E-state index contributed by atoms with van der Waals surface area (Å²) in [6.07, 6.45) is 0.595. The third-order valence-electron chi connectivity index (χ3n) is 4.86. The van der Waals surface area contributed by atoms with E-state index in [0.717, 1.165) is 27.1 Å². The Morgan fingerprint density at radius 1 is 1.25 bits per heavy atom. The lowest BCUT2D eigenvalue weighted by atomic mass is 10.0. The molecule has 0 saturated carbocycles. The number of benzene rings is 1. The molecular weight excluding hydrogens is 398 g/mol. The summed E-state index contributed by atoms with van der Waals surface area (Å²) in [5.41, 5.74) is 2.38. The fraction of sp³-hybridized carbons (Fsp3) is 0.250. The molecule has 2 aliphatic heterocycles. The van der Waals surface area contributed by atoms with Gasteiger partial charge in [0.25, 0.3) is 0 Å². The number of hydrogen-bond donors (Lipinski definition) is 0. The Hall–Kier alpha value is -2.64. The van der Waals surface area contributed by atoms with Gasteiger partial charge in [-0.25, -0.2) is 9.99 Å². The van der Waals surface area contributed by atoms with Crippen LogP contribution in [0.15, 0.2) is 40.8 Å². The van der Waals surface area contributed by atoms with Crippen molar-refractivity contribution in [2.75, 3.05) is 13.2 Å². The van der Waals surface area contributed by atoms with Crippen LogP contribution in [0.25, 0.3) is 10.9 Å². The molecule has 2 aliphatic rings. The first kappa shape index (κ1) is 17.5. The van der Waals surface area contributed by atoms with Crippen molar-refractivity contribution in [2.24, 2.45) is 5.10 Å². The number of pyridine rings is 1. The van der Waals surface area contributed by atoms with E-state index in [0.29, 0.717) is 36.3 Å². The molecule has 1 atom stereocenters. The minimum Gasteiger partial charge on any atom is -0.486 e. The molecule has 6 nitrogen and oxygen atoms in total. The summed E-state index contributed by atoms with van der Waals surface area (Å²) in [5.74, 6) is 1.23. The lowest BCUT2D eigenvalue weighted by Gasteiger charge is -2.22. The Balaban J connectivity index is 1.58. The van der Waals surface area contributed by atoms with Gasteiger partial charge in [-0.1, -0.05) is 17.7 Å². The van der Waals surface area contributed by atoms with Crippen LogP contribution in [0.2, 0.25) is 5.15 Å². The average Bonchev–Trinajstić information content (AvgIpc) is 3.35. The lowest BCUT2D eigenvalue weighted by Crippen LogP contribution is -2.24. The molecule has 0 saturated heterocycles. The van der Waals surface area contributed by atoms with Crippen molar-refractivity contribution in [3.63, 3.8) is 0 Å². The fourth-order valence-corrected chi connectivity index (χ4v) is 4.56. The van der Waals surface area contributed by atoms with Gasteiger partial charge >= 0.3 is 0 Å². The monoisotopic (exact) mass is 413 g/mol. The molecule has 0 N–H and O–H groups in total. The predicted molar refractivity (Wildman–Crippen MR) is 108 cm³/mol. The van der Waals surface area contributed by atoms with Crippen molar-refractivity contribution >= 4 is 45.5 Å². The first-order valence-electron chi connectivity index (χ1n) is 8.91. The van der Waals surface area contributed by atoms with Crippen LogP contribution in [0, 0.1) is 0 Å². The molecule has 0 aliphatic carbocycles. The van der Waals surface area contributed by atoms with Gasteiger partial charge in [0.15, 0.2) is 11.5 Å². The fourth-order valence-electron chi connectivity index (χ4n) is 3.57. The van der Waals surface area contributed by atoms with Gasteiger partial charge in [0.2, 0.25) is 5.91 Å². The maximum Gasteiger partial charge on any atom is 0.240 e. The van der Waals surface area contributed by atoms with E-state index < -0.39 is 0 Å². The minimum atomic E-state index is -0.285. The van der Waals surface area contributed by atoms with Crippen molar-refractivity contribution in [2.45, 2.75) is 19.4 Å². The van der Waals surface area contributed by atoms with Crippen LogP contribution in [-0.2, 0) is 4.79 Å². The normalized spacial score (nSPS) is 18.4. The van der Waals surface area contributed by atoms with Gasteiger partial charge < -0.3 is 9.47 Å². The molecule has 28 heavy (non-hydrogen) atoms. The zero-order valence-electron chi connectivity index (χ0n) is 15.0. The number of ether oxygens (including phenoxy) is 2. The summed E-state index contributed by atoms with van der Waals surface area (Å²) in [5, 5.41) is 9.31. The second-order valence-corrected chi connectivity index (χ2v) is 7.97. The quantitative estimate of drug-likeness (QED) is 0.583. The predicted octanol–water partition coefficient (Wildman–Crippen LogP) is 4.42. The van der Waals surface area contributed by atoms with Crippen molar-refractivity contribution in [3.8, 4) is 11.5 Å². The molecule has 3 aromatic rings. The number of carbonyl (C=O) groups excluding carboxylic acids is 1. The minimum absolute atomic E-state index is 0.130. The van der Waals surface area contributed by atoms with E-state index in [-0.39, 0.29) is 11.9 Å². The molecule has 4 heterocycles. The smallest absolute Gasteiger partial charge is 0.240 e. The van der Waals surface area contributed by atoms with Gasteiger partial charge in [-0.2, -0.15) is 5.10 Å². The molecule has 0 bridgehead atoms. The number of amides is 1. The molecule has 0 radical (unpaired) electrons. The molecule has 0 fully saturated rings. The summed E-state index contributed by atoms with van der Waals surface area (Å²) < 4.78 is 11.3. The first-order chi connectivity index (χ1) is 13.6. The molecule has 5 rings (SSSR count). The van der Waals surface area contributed by atoms with Crippen LogP contribution in [0.4, 0.5) is 0 Å². The highest BCUT2D eigenvalue weighted by molar-refractivity contribution is 7.12. The number of fused-ring (bicyclic) bond motifs is 2. The standard InChI is InChI=1S/C20H16ClN3O3S/c1-11(25)24-16(9-15(23-24)19-3-2-6-28-19)13-7-12-8-17-18(27-5-4-26-17)10-14(12)22-20(13)21/h2-3,6-8,10,16H,4-5,9H2,1H3. The summed E-state index contributed by atoms with van der Waals surface area (Å²) >= 11 is 8.15. The highest BCUT2D eigenvalue weighted by Gasteiger charge is 2.33. The third kappa shape index (κ3) is 2.91. The molecule has 142 valence electrons. The van der Waals surface area contributed by atoms with Gasteiger partial charge in [0.1, 0.15) is 18.4 Å². The Morgan fingerprint density at radius 2 is 2.04 bits per heavy atom. The average molecular weight is 414 g/mol.